The summed E-state index contributed by atoms with van der Waals surface area (Å²) in [5, 5.41) is 0. The lowest BCUT2D eigenvalue weighted by atomic mass is 10.0. The second-order valence-electron chi connectivity index (χ2n) is 7.00. The van der Waals surface area contributed by atoms with Gasteiger partial charge in [0.15, 0.2) is 5.82 Å². The number of halogens is 3. The van der Waals surface area contributed by atoms with Gasteiger partial charge in [-0.25, -0.2) is 19.9 Å². The highest BCUT2D eigenvalue weighted by molar-refractivity contribution is 6.00. The Labute approximate surface area is 176 Å². The third kappa shape index (κ3) is 4.79. The first kappa shape index (κ1) is 20.7. The Bertz CT molecular complexity index is 1040. The van der Waals surface area contributed by atoms with Crippen molar-refractivity contribution in [3.05, 3.63) is 66.2 Å². The Morgan fingerprint density at radius 2 is 1.74 bits per heavy atom. The van der Waals surface area contributed by atoms with Crippen molar-refractivity contribution >= 4 is 5.91 Å². The molecule has 1 aliphatic heterocycles. The molecule has 3 heterocycles. The third-order valence-electron chi connectivity index (χ3n) is 4.86. The number of nitrogens with zero attached hydrogens (tertiary/aromatic N) is 5. The van der Waals surface area contributed by atoms with Crippen LogP contribution in [0.5, 0.6) is 6.01 Å². The Morgan fingerprint density at radius 3 is 2.45 bits per heavy atom. The maximum atomic E-state index is 13.2. The molecule has 1 amide bonds. The molecule has 1 atom stereocenters. The SMILES string of the molecule is O=C(c1ccccc1-c1ncccn1)N1CCCC(Oc2ncc(C(F)(F)F)cn2)C1. The zero-order valence-corrected chi connectivity index (χ0v) is 16.3. The van der Waals surface area contributed by atoms with E-state index in [1.54, 1.807) is 41.6 Å². The van der Waals surface area contributed by atoms with Gasteiger partial charge in [-0.15, -0.1) is 0 Å². The number of carbonyl (C=O) groups is 1. The molecule has 1 saturated heterocycles. The number of hydrogen-bond donors (Lipinski definition) is 0. The zero-order valence-electron chi connectivity index (χ0n) is 16.3. The summed E-state index contributed by atoms with van der Waals surface area (Å²) < 4.78 is 43.6. The van der Waals surface area contributed by atoms with Gasteiger partial charge >= 0.3 is 12.2 Å². The normalized spacial score (nSPS) is 16.7. The van der Waals surface area contributed by atoms with Gasteiger partial charge in [-0.3, -0.25) is 4.79 Å². The van der Waals surface area contributed by atoms with E-state index in [-0.39, 0.29) is 18.5 Å². The number of likely N-dealkylation sites (tertiary alicyclic amines) is 1. The van der Waals surface area contributed by atoms with Gasteiger partial charge in [0.05, 0.1) is 17.7 Å². The minimum Gasteiger partial charge on any atom is -0.458 e. The van der Waals surface area contributed by atoms with Crippen LogP contribution >= 0.6 is 0 Å². The largest absolute Gasteiger partial charge is 0.458 e. The van der Waals surface area contributed by atoms with E-state index >= 15 is 0 Å². The van der Waals surface area contributed by atoms with Crippen LogP contribution in [0, 0.1) is 0 Å². The van der Waals surface area contributed by atoms with Crippen molar-refractivity contribution in [1.29, 1.82) is 0 Å². The maximum Gasteiger partial charge on any atom is 0.419 e. The van der Waals surface area contributed by atoms with Gasteiger partial charge in [0.2, 0.25) is 0 Å². The van der Waals surface area contributed by atoms with Crippen molar-refractivity contribution in [3.8, 4) is 17.4 Å². The van der Waals surface area contributed by atoms with Gasteiger partial charge in [-0.1, -0.05) is 18.2 Å². The molecule has 0 N–H and O–H groups in total. The van der Waals surface area contributed by atoms with Crippen LogP contribution in [0.15, 0.2) is 55.1 Å². The molecule has 10 heteroatoms. The maximum absolute atomic E-state index is 13.2. The van der Waals surface area contributed by atoms with Crippen LogP contribution in [0.3, 0.4) is 0 Å². The van der Waals surface area contributed by atoms with Gasteiger partial charge in [-0.05, 0) is 25.0 Å². The van der Waals surface area contributed by atoms with E-state index in [4.69, 9.17) is 4.74 Å². The molecular weight excluding hydrogens is 411 g/mol. The third-order valence-corrected chi connectivity index (χ3v) is 4.86. The van der Waals surface area contributed by atoms with Crippen molar-refractivity contribution in [2.75, 3.05) is 13.1 Å². The van der Waals surface area contributed by atoms with E-state index in [0.29, 0.717) is 48.7 Å². The molecular formula is C21H18F3N5O2. The molecule has 7 nitrogen and oxygen atoms in total. The zero-order chi connectivity index (χ0) is 21.8. The lowest BCUT2D eigenvalue weighted by Crippen LogP contribution is -2.44. The molecule has 1 aliphatic rings. The van der Waals surface area contributed by atoms with Crippen molar-refractivity contribution in [1.82, 2.24) is 24.8 Å². The molecule has 2 aromatic heterocycles. The fraction of sp³-hybridized carbons (Fsp3) is 0.286. The molecule has 0 aliphatic carbocycles. The molecule has 160 valence electrons. The number of alkyl halides is 3. The predicted octanol–water partition coefficient (Wildman–Crippen LogP) is 3.64. The number of aromatic nitrogens is 4. The first-order valence-electron chi connectivity index (χ1n) is 9.63. The Kier molecular flexibility index (Phi) is 5.79. The van der Waals surface area contributed by atoms with Gasteiger partial charge in [0, 0.05) is 36.9 Å². The monoisotopic (exact) mass is 429 g/mol. The highest BCUT2D eigenvalue weighted by atomic mass is 19.4. The summed E-state index contributed by atoms with van der Waals surface area (Å²) in [6.07, 6.45) is 0.973. The van der Waals surface area contributed by atoms with E-state index in [0.717, 1.165) is 0 Å². The van der Waals surface area contributed by atoms with E-state index in [2.05, 4.69) is 19.9 Å². The van der Waals surface area contributed by atoms with E-state index in [1.165, 1.54) is 0 Å². The first-order valence-corrected chi connectivity index (χ1v) is 9.63. The van der Waals surface area contributed by atoms with Crippen LogP contribution < -0.4 is 4.74 Å². The molecule has 4 rings (SSSR count). The van der Waals surface area contributed by atoms with Crippen LogP contribution in [-0.2, 0) is 6.18 Å². The number of carbonyl (C=O) groups excluding carboxylic acids is 1. The van der Waals surface area contributed by atoms with E-state index < -0.39 is 17.8 Å². The second kappa shape index (κ2) is 8.66. The minimum absolute atomic E-state index is 0.148. The molecule has 1 unspecified atom stereocenters. The van der Waals surface area contributed by atoms with Crippen LogP contribution in [0.4, 0.5) is 13.2 Å². The van der Waals surface area contributed by atoms with Crippen molar-refractivity contribution in [3.63, 3.8) is 0 Å². The smallest absolute Gasteiger partial charge is 0.419 e. The summed E-state index contributed by atoms with van der Waals surface area (Å²) in [7, 11) is 0. The standard InChI is InChI=1S/C21H18F3N5O2/c22-21(23,24)14-11-27-20(28-12-14)31-15-5-3-10-29(13-15)19(30)17-7-2-1-6-16(17)18-25-8-4-9-26-18/h1-2,4,6-9,11-12,15H,3,5,10,13H2. The fourth-order valence-electron chi connectivity index (χ4n) is 3.36. The van der Waals surface area contributed by atoms with Gasteiger partial charge in [0.25, 0.3) is 5.91 Å². The average molecular weight is 429 g/mol. The summed E-state index contributed by atoms with van der Waals surface area (Å²) in [4.78, 5) is 30.6. The number of ether oxygens (including phenoxy) is 1. The number of rotatable bonds is 4. The van der Waals surface area contributed by atoms with E-state index in [9.17, 15) is 18.0 Å². The fourth-order valence-corrected chi connectivity index (χ4v) is 3.36. The summed E-state index contributed by atoms with van der Waals surface area (Å²) in [5.74, 6) is 0.263. The molecule has 3 aromatic rings. The van der Waals surface area contributed by atoms with Gasteiger partial charge < -0.3 is 9.64 Å². The summed E-state index contributed by atoms with van der Waals surface area (Å²) in [5.41, 5.74) is 0.155. The van der Waals surface area contributed by atoms with Gasteiger partial charge in [0.1, 0.15) is 6.10 Å². The highest BCUT2D eigenvalue weighted by Crippen LogP contribution is 2.29. The Balaban J connectivity index is 1.48. The van der Waals surface area contributed by atoms with Crippen molar-refractivity contribution < 1.29 is 22.7 Å². The molecule has 31 heavy (non-hydrogen) atoms. The van der Waals surface area contributed by atoms with Crippen LogP contribution in [0.25, 0.3) is 11.4 Å². The molecule has 0 radical (unpaired) electrons. The quantitative estimate of drug-likeness (QED) is 0.630. The van der Waals surface area contributed by atoms with E-state index in [1.807, 2.05) is 6.07 Å². The van der Waals surface area contributed by atoms with Crippen LogP contribution in [0.1, 0.15) is 28.8 Å². The van der Waals surface area contributed by atoms with Gasteiger partial charge in [-0.2, -0.15) is 13.2 Å². The Hall–Kier alpha value is -3.56. The lowest BCUT2D eigenvalue weighted by Gasteiger charge is -2.32. The number of benzene rings is 1. The minimum atomic E-state index is -4.51. The molecule has 0 bridgehead atoms. The lowest BCUT2D eigenvalue weighted by molar-refractivity contribution is -0.138. The molecule has 0 spiro atoms. The molecule has 0 saturated carbocycles. The van der Waals surface area contributed by atoms with Crippen LogP contribution in [0.2, 0.25) is 0 Å². The first-order chi connectivity index (χ1) is 14.9. The number of piperidine rings is 1. The average Bonchev–Trinajstić information content (AvgIpc) is 2.79. The second-order valence-corrected chi connectivity index (χ2v) is 7.00. The van der Waals surface area contributed by atoms with Crippen molar-refractivity contribution in [2.45, 2.75) is 25.1 Å². The number of hydrogen-bond acceptors (Lipinski definition) is 6. The molecule has 1 aromatic carbocycles. The summed E-state index contributed by atoms with van der Waals surface area (Å²) in [6, 6.07) is 8.64. The van der Waals surface area contributed by atoms with Crippen molar-refractivity contribution in [2.24, 2.45) is 0 Å². The highest BCUT2D eigenvalue weighted by Gasteiger charge is 2.32. The topological polar surface area (TPSA) is 81.1 Å². The predicted molar refractivity (Wildman–Crippen MR) is 104 cm³/mol. The summed E-state index contributed by atoms with van der Waals surface area (Å²) >= 11 is 0. The molecule has 1 fully saturated rings. The number of amides is 1. The summed E-state index contributed by atoms with van der Waals surface area (Å²) in [6.45, 7) is 0.809. The Morgan fingerprint density at radius 1 is 1.03 bits per heavy atom. The van der Waals surface area contributed by atoms with Crippen LogP contribution in [-0.4, -0.2) is 49.9 Å².